The van der Waals surface area contributed by atoms with E-state index in [1.807, 2.05) is 49.4 Å². The second-order valence-corrected chi connectivity index (χ2v) is 6.58. The summed E-state index contributed by atoms with van der Waals surface area (Å²) in [4.78, 5) is 16.6. The van der Waals surface area contributed by atoms with Crippen LogP contribution in [0.25, 0.3) is 0 Å². The summed E-state index contributed by atoms with van der Waals surface area (Å²) in [6.07, 6.45) is 2.45. The van der Waals surface area contributed by atoms with Gasteiger partial charge >= 0.3 is 0 Å². The number of hydrogen-bond acceptors (Lipinski definition) is 4. The van der Waals surface area contributed by atoms with Crippen LogP contribution in [0.15, 0.2) is 66.9 Å². The first-order valence-electron chi connectivity index (χ1n) is 9.12. The van der Waals surface area contributed by atoms with E-state index >= 15 is 0 Å². The smallest absolute Gasteiger partial charge is 0.274 e. The highest BCUT2D eigenvalue weighted by molar-refractivity contribution is 6.30. The Balaban J connectivity index is 1.56. The maximum atomic E-state index is 12.5. The Labute approximate surface area is 169 Å². The minimum Gasteiger partial charge on any atom is -0.494 e. The number of nitrogens with zero attached hydrogens (tertiary/aromatic N) is 1. The third-order valence-corrected chi connectivity index (χ3v) is 4.28. The number of aromatic nitrogens is 1. The third kappa shape index (κ3) is 5.72. The summed E-state index contributed by atoms with van der Waals surface area (Å²) in [6.45, 7) is 3.26. The van der Waals surface area contributed by atoms with Crippen molar-refractivity contribution in [3.8, 4) is 5.75 Å². The molecular formula is C22H22ClN3O2. The van der Waals surface area contributed by atoms with Gasteiger partial charge in [0.1, 0.15) is 11.4 Å². The fraction of sp³-hybridized carbons (Fsp3) is 0.182. The van der Waals surface area contributed by atoms with Crippen molar-refractivity contribution in [1.29, 1.82) is 0 Å². The summed E-state index contributed by atoms with van der Waals surface area (Å²) in [5, 5.41) is 6.89. The van der Waals surface area contributed by atoms with Gasteiger partial charge in [-0.3, -0.25) is 9.78 Å². The van der Waals surface area contributed by atoms with E-state index in [9.17, 15) is 4.79 Å². The Bertz CT molecular complexity index is 929. The van der Waals surface area contributed by atoms with Gasteiger partial charge in [-0.15, -0.1) is 0 Å². The van der Waals surface area contributed by atoms with Crippen LogP contribution in [0.2, 0.25) is 5.02 Å². The summed E-state index contributed by atoms with van der Waals surface area (Å²) in [6, 6.07) is 18.6. The normalized spacial score (nSPS) is 10.4. The largest absolute Gasteiger partial charge is 0.494 e. The molecule has 0 fully saturated rings. The number of benzene rings is 2. The molecule has 0 aliphatic rings. The lowest BCUT2D eigenvalue weighted by Gasteiger charge is -2.09. The second-order valence-electron chi connectivity index (χ2n) is 6.15. The molecule has 144 valence electrons. The van der Waals surface area contributed by atoms with E-state index in [4.69, 9.17) is 16.3 Å². The topological polar surface area (TPSA) is 63.2 Å². The van der Waals surface area contributed by atoms with E-state index in [2.05, 4.69) is 15.6 Å². The highest BCUT2D eigenvalue weighted by Crippen LogP contribution is 2.17. The monoisotopic (exact) mass is 395 g/mol. The lowest BCUT2D eigenvalue weighted by molar-refractivity contribution is 0.102. The fourth-order valence-corrected chi connectivity index (χ4v) is 2.92. The standard InChI is InChI=1S/C22H22ClN3O2/c1-2-28-20-8-6-18(7-9-20)26-22(27)21-15-19(11-13-25-21)24-12-10-16-4-3-5-17(23)14-16/h3-9,11,13-15H,2,10,12H2,1H3,(H,24,25)(H,26,27). The van der Waals surface area contributed by atoms with E-state index in [-0.39, 0.29) is 5.91 Å². The van der Waals surface area contributed by atoms with Gasteiger partial charge < -0.3 is 15.4 Å². The van der Waals surface area contributed by atoms with E-state index in [0.29, 0.717) is 18.0 Å². The van der Waals surface area contributed by atoms with Crippen molar-refractivity contribution in [2.24, 2.45) is 0 Å². The number of anilines is 2. The Morgan fingerprint density at radius 1 is 1.07 bits per heavy atom. The second kappa shape index (κ2) is 9.76. The Kier molecular flexibility index (Phi) is 6.87. The maximum absolute atomic E-state index is 12.5. The van der Waals surface area contributed by atoms with Crippen molar-refractivity contribution >= 4 is 28.9 Å². The number of ether oxygens (including phenoxy) is 1. The average molecular weight is 396 g/mol. The van der Waals surface area contributed by atoms with Gasteiger partial charge in [-0.25, -0.2) is 0 Å². The number of pyridine rings is 1. The minimum atomic E-state index is -0.261. The number of hydrogen-bond donors (Lipinski definition) is 2. The molecule has 0 saturated carbocycles. The molecule has 0 unspecified atom stereocenters. The number of carbonyl (C=O) groups excluding carboxylic acids is 1. The molecule has 28 heavy (non-hydrogen) atoms. The minimum absolute atomic E-state index is 0.261. The van der Waals surface area contributed by atoms with Crippen molar-refractivity contribution in [3.05, 3.63) is 83.1 Å². The number of rotatable bonds is 8. The Morgan fingerprint density at radius 2 is 1.89 bits per heavy atom. The number of carbonyl (C=O) groups is 1. The van der Waals surface area contributed by atoms with Crippen LogP contribution in [0, 0.1) is 0 Å². The molecule has 0 spiro atoms. The van der Waals surface area contributed by atoms with Crippen LogP contribution in [0.1, 0.15) is 23.0 Å². The molecule has 2 N–H and O–H groups in total. The predicted molar refractivity (Wildman–Crippen MR) is 113 cm³/mol. The van der Waals surface area contributed by atoms with Crippen LogP contribution in [-0.2, 0) is 6.42 Å². The first-order chi connectivity index (χ1) is 13.6. The molecule has 1 amide bonds. The fourth-order valence-electron chi connectivity index (χ4n) is 2.70. The van der Waals surface area contributed by atoms with Crippen LogP contribution in [0.4, 0.5) is 11.4 Å². The molecule has 6 heteroatoms. The third-order valence-electron chi connectivity index (χ3n) is 4.05. The average Bonchev–Trinajstić information content (AvgIpc) is 2.70. The first kappa shape index (κ1) is 19.7. The summed E-state index contributed by atoms with van der Waals surface area (Å²) >= 11 is 6.01. The van der Waals surface area contributed by atoms with Gasteiger partial charge in [-0.2, -0.15) is 0 Å². The Hall–Kier alpha value is -3.05. The SMILES string of the molecule is CCOc1ccc(NC(=O)c2cc(NCCc3cccc(Cl)c3)ccn2)cc1. The summed E-state index contributed by atoms with van der Waals surface area (Å²) in [7, 11) is 0. The highest BCUT2D eigenvalue weighted by Gasteiger charge is 2.09. The van der Waals surface area contributed by atoms with Gasteiger partial charge in [-0.05, 0) is 67.4 Å². The molecule has 1 heterocycles. The van der Waals surface area contributed by atoms with Crippen LogP contribution in [0.5, 0.6) is 5.75 Å². The molecule has 3 rings (SSSR count). The Morgan fingerprint density at radius 3 is 2.64 bits per heavy atom. The molecule has 5 nitrogen and oxygen atoms in total. The van der Waals surface area contributed by atoms with E-state index in [1.54, 1.807) is 24.4 Å². The number of amides is 1. The number of nitrogens with one attached hydrogen (secondary N) is 2. The van der Waals surface area contributed by atoms with Crippen molar-refractivity contribution in [1.82, 2.24) is 4.98 Å². The van der Waals surface area contributed by atoms with E-state index in [1.165, 1.54) is 0 Å². The summed E-state index contributed by atoms with van der Waals surface area (Å²) in [5.74, 6) is 0.507. The van der Waals surface area contributed by atoms with E-state index in [0.717, 1.165) is 35.0 Å². The van der Waals surface area contributed by atoms with Crippen molar-refractivity contribution < 1.29 is 9.53 Å². The molecule has 0 radical (unpaired) electrons. The van der Waals surface area contributed by atoms with Crippen molar-refractivity contribution in [2.45, 2.75) is 13.3 Å². The van der Waals surface area contributed by atoms with Gasteiger partial charge in [-0.1, -0.05) is 23.7 Å². The molecule has 0 aliphatic heterocycles. The summed E-state index contributed by atoms with van der Waals surface area (Å²) < 4.78 is 5.40. The van der Waals surface area contributed by atoms with Gasteiger partial charge in [0.05, 0.1) is 6.61 Å². The molecule has 0 bridgehead atoms. The molecule has 0 saturated heterocycles. The molecular weight excluding hydrogens is 374 g/mol. The molecule has 1 aromatic heterocycles. The lowest BCUT2D eigenvalue weighted by Crippen LogP contribution is -2.14. The zero-order valence-corrected chi connectivity index (χ0v) is 16.4. The molecule has 0 aliphatic carbocycles. The highest BCUT2D eigenvalue weighted by atomic mass is 35.5. The van der Waals surface area contributed by atoms with Crippen molar-refractivity contribution in [3.63, 3.8) is 0 Å². The van der Waals surface area contributed by atoms with Crippen LogP contribution in [-0.4, -0.2) is 24.0 Å². The van der Waals surface area contributed by atoms with Crippen LogP contribution < -0.4 is 15.4 Å². The van der Waals surface area contributed by atoms with Crippen LogP contribution >= 0.6 is 11.6 Å². The van der Waals surface area contributed by atoms with Crippen molar-refractivity contribution in [2.75, 3.05) is 23.8 Å². The zero-order chi connectivity index (χ0) is 19.8. The predicted octanol–water partition coefficient (Wildman–Crippen LogP) is 5.04. The van der Waals surface area contributed by atoms with Gasteiger partial charge in [0, 0.05) is 29.1 Å². The molecule has 2 aromatic carbocycles. The first-order valence-corrected chi connectivity index (χ1v) is 9.50. The lowest BCUT2D eigenvalue weighted by atomic mass is 10.1. The zero-order valence-electron chi connectivity index (χ0n) is 15.6. The quantitative estimate of drug-likeness (QED) is 0.560. The van der Waals surface area contributed by atoms with Gasteiger partial charge in [0.2, 0.25) is 0 Å². The van der Waals surface area contributed by atoms with E-state index < -0.39 is 0 Å². The maximum Gasteiger partial charge on any atom is 0.274 e. The molecule has 0 atom stereocenters. The summed E-state index contributed by atoms with van der Waals surface area (Å²) in [5.41, 5.74) is 3.03. The van der Waals surface area contributed by atoms with Gasteiger partial charge in [0.15, 0.2) is 0 Å². The van der Waals surface area contributed by atoms with Gasteiger partial charge in [0.25, 0.3) is 5.91 Å². The number of halogens is 1. The molecule has 3 aromatic rings. The van der Waals surface area contributed by atoms with Crippen LogP contribution in [0.3, 0.4) is 0 Å².